The fraction of sp³-hybridized carbons (Fsp3) is 0.500. The van der Waals surface area contributed by atoms with Gasteiger partial charge in [0.25, 0.3) is 0 Å². The Bertz CT molecular complexity index is 316. The summed E-state index contributed by atoms with van der Waals surface area (Å²) in [6.07, 6.45) is 0.0874. The third kappa shape index (κ3) is 2.81. The van der Waals surface area contributed by atoms with Crippen LogP contribution in [0.5, 0.6) is 0 Å². The first-order valence-electron chi connectivity index (χ1n) is 4.45. The van der Waals surface area contributed by atoms with Crippen LogP contribution in [0.15, 0.2) is 11.4 Å². The maximum absolute atomic E-state index is 8.89. The zero-order chi connectivity index (χ0) is 10.4. The highest BCUT2D eigenvalue weighted by atomic mass is 32.1. The molecule has 1 atom stereocenters. The highest BCUT2D eigenvalue weighted by Crippen LogP contribution is 2.26. The van der Waals surface area contributed by atoms with Gasteiger partial charge in [0.05, 0.1) is 11.5 Å². The SMILES string of the molecule is Cc1ccsc1C(C#N)OCCCO. The minimum Gasteiger partial charge on any atom is -0.396 e. The lowest BCUT2D eigenvalue weighted by Gasteiger charge is -2.09. The van der Waals surface area contributed by atoms with E-state index in [-0.39, 0.29) is 6.61 Å². The topological polar surface area (TPSA) is 53.2 Å². The van der Waals surface area contributed by atoms with Gasteiger partial charge in [0.15, 0.2) is 6.10 Å². The van der Waals surface area contributed by atoms with Crippen molar-refractivity contribution >= 4 is 11.3 Å². The first-order chi connectivity index (χ1) is 6.79. The lowest BCUT2D eigenvalue weighted by atomic mass is 10.2. The molecule has 3 nitrogen and oxygen atoms in total. The molecule has 1 aromatic rings. The van der Waals surface area contributed by atoms with Crippen LogP contribution in [0, 0.1) is 18.3 Å². The molecule has 0 saturated heterocycles. The van der Waals surface area contributed by atoms with Crippen molar-refractivity contribution in [2.45, 2.75) is 19.4 Å². The van der Waals surface area contributed by atoms with Crippen molar-refractivity contribution in [1.29, 1.82) is 5.26 Å². The highest BCUT2D eigenvalue weighted by molar-refractivity contribution is 7.10. The molecule has 1 N–H and O–H groups in total. The predicted octanol–water partition coefficient (Wildman–Crippen LogP) is 2.02. The summed E-state index contributed by atoms with van der Waals surface area (Å²) in [6, 6.07) is 4.08. The zero-order valence-corrected chi connectivity index (χ0v) is 8.88. The molecule has 1 unspecified atom stereocenters. The number of ether oxygens (including phenoxy) is 1. The van der Waals surface area contributed by atoms with Crippen molar-refractivity contribution in [2.24, 2.45) is 0 Å². The van der Waals surface area contributed by atoms with Crippen LogP contribution >= 0.6 is 11.3 Å². The number of nitrogens with zero attached hydrogens (tertiary/aromatic N) is 1. The normalized spacial score (nSPS) is 12.4. The van der Waals surface area contributed by atoms with Gasteiger partial charge >= 0.3 is 0 Å². The lowest BCUT2D eigenvalue weighted by Crippen LogP contribution is -2.04. The molecule has 1 aromatic heterocycles. The van der Waals surface area contributed by atoms with Gasteiger partial charge in [-0.1, -0.05) is 0 Å². The average molecular weight is 211 g/mol. The number of nitriles is 1. The number of rotatable bonds is 5. The number of aliphatic hydroxyl groups is 1. The fourth-order valence-electron chi connectivity index (χ4n) is 1.09. The predicted molar refractivity (Wildman–Crippen MR) is 55.1 cm³/mol. The van der Waals surface area contributed by atoms with E-state index in [0.717, 1.165) is 10.4 Å². The third-order valence-corrected chi connectivity index (χ3v) is 2.91. The van der Waals surface area contributed by atoms with Crippen LogP contribution in [0.2, 0.25) is 0 Å². The summed E-state index contributed by atoms with van der Waals surface area (Å²) >= 11 is 1.53. The minimum atomic E-state index is -0.485. The summed E-state index contributed by atoms with van der Waals surface area (Å²) < 4.78 is 5.35. The molecule has 4 heteroatoms. The maximum atomic E-state index is 8.89. The first kappa shape index (κ1) is 11.2. The second kappa shape index (κ2) is 5.76. The van der Waals surface area contributed by atoms with E-state index in [1.54, 1.807) is 0 Å². The quantitative estimate of drug-likeness (QED) is 0.758. The second-order valence-corrected chi connectivity index (χ2v) is 3.87. The van der Waals surface area contributed by atoms with Gasteiger partial charge in [-0.15, -0.1) is 11.3 Å². The van der Waals surface area contributed by atoms with Crippen molar-refractivity contribution in [2.75, 3.05) is 13.2 Å². The van der Waals surface area contributed by atoms with Gasteiger partial charge in [-0.25, -0.2) is 0 Å². The molecule has 0 aliphatic carbocycles. The number of thiophene rings is 1. The van der Waals surface area contributed by atoms with Crippen molar-refractivity contribution in [1.82, 2.24) is 0 Å². The minimum absolute atomic E-state index is 0.0988. The summed E-state index contributed by atoms with van der Waals surface area (Å²) in [7, 11) is 0. The van der Waals surface area contributed by atoms with Crippen LogP contribution in [-0.2, 0) is 4.74 Å². The molecular weight excluding hydrogens is 198 g/mol. The van der Waals surface area contributed by atoms with Crippen LogP contribution < -0.4 is 0 Å². The van der Waals surface area contributed by atoms with Crippen LogP contribution in [0.4, 0.5) is 0 Å². The van der Waals surface area contributed by atoms with Crippen molar-refractivity contribution in [3.8, 4) is 6.07 Å². The van der Waals surface area contributed by atoms with Crippen LogP contribution in [0.25, 0.3) is 0 Å². The monoisotopic (exact) mass is 211 g/mol. The molecule has 1 heterocycles. The Morgan fingerprint density at radius 2 is 2.50 bits per heavy atom. The summed E-state index contributed by atoms with van der Waals surface area (Å²) in [6.45, 7) is 2.49. The van der Waals surface area contributed by atoms with E-state index in [4.69, 9.17) is 15.1 Å². The molecule has 0 aliphatic heterocycles. The van der Waals surface area contributed by atoms with Gasteiger partial charge in [0.2, 0.25) is 0 Å². The molecule has 0 saturated carbocycles. The van der Waals surface area contributed by atoms with Crippen LogP contribution in [0.3, 0.4) is 0 Å². The molecule has 0 fully saturated rings. The van der Waals surface area contributed by atoms with Gasteiger partial charge in [0.1, 0.15) is 6.07 Å². The van der Waals surface area contributed by atoms with Crippen molar-refractivity contribution in [3.63, 3.8) is 0 Å². The Kier molecular flexibility index (Phi) is 4.60. The molecule has 0 bridgehead atoms. The lowest BCUT2D eigenvalue weighted by molar-refractivity contribution is 0.0791. The smallest absolute Gasteiger partial charge is 0.178 e. The fourth-order valence-corrected chi connectivity index (χ4v) is 2.01. The molecule has 1 rings (SSSR count). The van der Waals surface area contributed by atoms with Crippen molar-refractivity contribution < 1.29 is 9.84 Å². The summed E-state index contributed by atoms with van der Waals surface area (Å²) in [5.74, 6) is 0. The molecular formula is C10H13NO2S. The van der Waals surface area contributed by atoms with E-state index in [9.17, 15) is 0 Å². The van der Waals surface area contributed by atoms with Gasteiger partial charge in [-0.05, 0) is 30.4 Å². The van der Waals surface area contributed by atoms with E-state index in [2.05, 4.69) is 6.07 Å². The van der Waals surface area contributed by atoms with Gasteiger partial charge in [0, 0.05) is 6.61 Å². The Morgan fingerprint density at radius 3 is 3.00 bits per heavy atom. The average Bonchev–Trinajstić information content (AvgIpc) is 2.60. The van der Waals surface area contributed by atoms with Gasteiger partial charge < -0.3 is 9.84 Å². The zero-order valence-electron chi connectivity index (χ0n) is 8.06. The maximum Gasteiger partial charge on any atom is 0.178 e. The van der Waals surface area contributed by atoms with Gasteiger partial charge in [-0.2, -0.15) is 5.26 Å². The number of hydrogen-bond donors (Lipinski definition) is 1. The van der Waals surface area contributed by atoms with E-state index < -0.39 is 6.10 Å². The molecule has 0 radical (unpaired) electrons. The van der Waals surface area contributed by atoms with Crippen LogP contribution in [-0.4, -0.2) is 18.3 Å². The van der Waals surface area contributed by atoms with Crippen LogP contribution in [0.1, 0.15) is 23.0 Å². The van der Waals surface area contributed by atoms with E-state index in [1.165, 1.54) is 11.3 Å². The standard InChI is InChI=1S/C10H13NO2S/c1-8-3-6-14-10(8)9(7-11)13-5-2-4-12/h3,6,9,12H,2,4-5H2,1H3. The number of aliphatic hydroxyl groups excluding tert-OH is 1. The summed E-state index contributed by atoms with van der Waals surface area (Å²) in [5, 5.41) is 19.4. The number of hydrogen-bond acceptors (Lipinski definition) is 4. The molecule has 76 valence electrons. The second-order valence-electron chi connectivity index (χ2n) is 2.92. The Labute approximate surface area is 87.6 Å². The Morgan fingerprint density at radius 1 is 1.71 bits per heavy atom. The Hall–Kier alpha value is -0.890. The molecule has 0 aliphatic rings. The third-order valence-electron chi connectivity index (χ3n) is 1.84. The van der Waals surface area contributed by atoms with Gasteiger partial charge in [-0.3, -0.25) is 0 Å². The molecule has 0 amide bonds. The van der Waals surface area contributed by atoms with Crippen molar-refractivity contribution in [3.05, 3.63) is 21.9 Å². The molecule has 14 heavy (non-hydrogen) atoms. The summed E-state index contributed by atoms with van der Waals surface area (Å²) in [5.41, 5.74) is 1.09. The first-order valence-corrected chi connectivity index (χ1v) is 5.33. The molecule has 0 spiro atoms. The van der Waals surface area contributed by atoms with E-state index in [1.807, 2.05) is 18.4 Å². The number of aryl methyl sites for hydroxylation is 1. The molecule has 0 aromatic carbocycles. The highest BCUT2D eigenvalue weighted by Gasteiger charge is 2.14. The van der Waals surface area contributed by atoms with E-state index in [0.29, 0.717) is 13.0 Å². The largest absolute Gasteiger partial charge is 0.396 e. The Balaban J connectivity index is 2.56. The van der Waals surface area contributed by atoms with E-state index >= 15 is 0 Å². The summed E-state index contributed by atoms with van der Waals surface area (Å²) in [4.78, 5) is 0.963.